The summed E-state index contributed by atoms with van der Waals surface area (Å²) in [6.45, 7) is 1.13. The highest BCUT2D eigenvalue weighted by atomic mass is 35.5. The molecule has 1 aliphatic heterocycles. The molecule has 9 heteroatoms. The lowest BCUT2D eigenvalue weighted by Crippen LogP contribution is -2.23. The van der Waals surface area contributed by atoms with Gasteiger partial charge in [0, 0.05) is 24.1 Å². The van der Waals surface area contributed by atoms with E-state index in [2.05, 4.69) is 5.32 Å². The van der Waals surface area contributed by atoms with Crippen molar-refractivity contribution in [3.05, 3.63) is 61.6 Å². The van der Waals surface area contributed by atoms with Gasteiger partial charge in [0.25, 0.3) is 11.6 Å². The summed E-state index contributed by atoms with van der Waals surface area (Å²) in [4.78, 5) is 22.8. The zero-order valence-corrected chi connectivity index (χ0v) is 15.0. The van der Waals surface area contributed by atoms with Gasteiger partial charge in [-0.2, -0.15) is 0 Å². The predicted octanol–water partition coefficient (Wildman–Crippen LogP) is 3.99. The first-order valence-corrected chi connectivity index (χ1v) is 8.51. The maximum Gasteiger partial charge on any atom is 0.282 e. The van der Waals surface area contributed by atoms with Crippen molar-refractivity contribution in [2.75, 3.05) is 13.2 Å². The number of halogens is 2. The molecule has 136 valence electrons. The second-order valence-electron chi connectivity index (χ2n) is 5.56. The minimum atomic E-state index is -0.629. The van der Waals surface area contributed by atoms with Crippen molar-refractivity contribution in [2.45, 2.75) is 13.0 Å². The van der Waals surface area contributed by atoms with Crippen LogP contribution in [0.1, 0.15) is 22.3 Å². The van der Waals surface area contributed by atoms with Crippen LogP contribution in [0.4, 0.5) is 5.69 Å². The van der Waals surface area contributed by atoms with E-state index in [9.17, 15) is 14.9 Å². The van der Waals surface area contributed by atoms with Crippen molar-refractivity contribution in [1.82, 2.24) is 5.32 Å². The predicted molar refractivity (Wildman–Crippen MR) is 96.3 cm³/mol. The number of fused-ring (bicyclic) bond motifs is 1. The second-order valence-corrected chi connectivity index (χ2v) is 6.40. The van der Waals surface area contributed by atoms with Gasteiger partial charge in [0.05, 0.1) is 23.2 Å². The number of nitro benzene ring substituents is 1. The molecule has 0 aliphatic carbocycles. The molecule has 0 atom stereocenters. The molecule has 0 bridgehead atoms. The number of ether oxygens (including phenoxy) is 2. The Balaban J connectivity index is 1.78. The molecule has 0 aromatic heterocycles. The molecule has 3 rings (SSSR count). The first kappa shape index (κ1) is 18.3. The zero-order valence-electron chi connectivity index (χ0n) is 13.5. The smallest absolute Gasteiger partial charge is 0.282 e. The second kappa shape index (κ2) is 7.80. The van der Waals surface area contributed by atoms with Gasteiger partial charge in [0.15, 0.2) is 11.5 Å². The van der Waals surface area contributed by atoms with Crippen LogP contribution in [0.25, 0.3) is 0 Å². The molecule has 0 saturated carbocycles. The van der Waals surface area contributed by atoms with Crippen molar-refractivity contribution in [3.63, 3.8) is 0 Å². The number of nitrogens with zero attached hydrogens (tertiary/aromatic N) is 1. The summed E-state index contributed by atoms with van der Waals surface area (Å²) in [5.41, 5.74) is 0.254. The Morgan fingerprint density at radius 2 is 1.96 bits per heavy atom. The molecule has 1 heterocycles. The van der Waals surface area contributed by atoms with Gasteiger partial charge in [-0.25, -0.2) is 0 Å². The van der Waals surface area contributed by atoms with Gasteiger partial charge < -0.3 is 14.8 Å². The Morgan fingerprint density at radius 1 is 1.19 bits per heavy atom. The number of rotatable bonds is 4. The Labute approximate surface area is 159 Å². The summed E-state index contributed by atoms with van der Waals surface area (Å²) in [6, 6.07) is 7.19. The third kappa shape index (κ3) is 4.00. The maximum absolute atomic E-state index is 12.4. The van der Waals surface area contributed by atoms with E-state index >= 15 is 0 Å². The minimum Gasteiger partial charge on any atom is -0.489 e. The lowest BCUT2D eigenvalue weighted by atomic mass is 10.1. The lowest BCUT2D eigenvalue weighted by molar-refractivity contribution is -0.385. The van der Waals surface area contributed by atoms with E-state index in [0.29, 0.717) is 35.3 Å². The average Bonchev–Trinajstić information content (AvgIpc) is 2.85. The monoisotopic (exact) mass is 396 g/mol. The van der Waals surface area contributed by atoms with Crippen LogP contribution < -0.4 is 14.8 Å². The molecule has 0 unspecified atom stereocenters. The fourth-order valence-electron chi connectivity index (χ4n) is 2.51. The summed E-state index contributed by atoms with van der Waals surface area (Å²) in [5.74, 6) is 0.375. The molecule has 1 amide bonds. The molecule has 2 aromatic carbocycles. The molecule has 2 aromatic rings. The Hall–Kier alpha value is -2.51. The lowest BCUT2D eigenvalue weighted by Gasteiger charge is -2.12. The van der Waals surface area contributed by atoms with Gasteiger partial charge in [-0.05, 0) is 29.8 Å². The molecule has 1 N–H and O–H groups in total. The molecule has 26 heavy (non-hydrogen) atoms. The van der Waals surface area contributed by atoms with Crippen LogP contribution in [0.15, 0.2) is 30.3 Å². The minimum absolute atomic E-state index is 0.108. The summed E-state index contributed by atoms with van der Waals surface area (Å²) in [5, 5.41) is 14.3. The third-order valence-electron chi connectivity index (χ3n) is 3.71. The highest BCUT2D eigenvalue weighted by Crippen LogP contribution is 2.38. The molecular formula is C17H14Cl2N2O5. The third-order valence-corrected chi connectivity index (χ3v) is 4.23. The number of nitrogens with one attached hydrogen (secondary N) is 1. The summed E-state index contributed by atoms with van der Waals surface area (Å²) in [6.07, 6.45) is 0.746. The Morgan fingerprint density at radius 3 is 2.73 bits per heavy atom. The molecule has 0 spiro atoms. The van der Waals surface area contributed by atoms with Crippen LogP contribution in [0.3, 0.4) is 0 Å². The first-order chi connectivity index (χ1) is 12.5. The van der Waals surface area contributed by atoms with Crippen LogP contribution in [0.5, 0.6) is 11.5 Å². The normalized spacial score (nSPS) is 13.0. The van der Waals surface area contributed by atoms with Crippen molar-refractivity contribution in [3.8, 4) is 11.5 Å². The van der Waals surface area contributed by atoms with E-state index in [1.807, 2.05) is 0 Å². The van der Waals surface area contributed by atoms with Crippen molar-refractivity contribution in [1.29, 1.82) is 0 Å². The largest absolute Gasteiger partial charge is 0.489 e. The highest BCUT2D eigenvalue weighted by Gasteiger charge is 2.21. The first-order valence-electron chi connectivity index (χ1n) is 7.76. The maximum atomic E-state index is 12.4. The number of hydrogen-bond acceptors (Lipinski definition) is 5. The highest BCUT2D eigenvalue weighted by molar-refractivity contribution is 6.32. The number of amides is 1. The van der Waals surface area contributed by atoms with Crippen molar-refractivity contribution in [2.24, 2.45) is 0 Å². The van der Waals surface area contributed by atoms with Crippen molar-refractivity contribution < 1.29 is 19.2 Å². The standard InChI is InChI=1S/C17H14Cl2N2O5/c18-11-2-3-14(21(23)24)12(8-11)17(22)20-9-10-6-13(19)16-15(7-10)25-4-1-5-26-16/h2-3,6-8H,1,4-5,9H2,(H,20,22). The van der Waals surface area contributed by atoms with Crippen LogP contribution in [-0.2, 0) is 6.54 Å². The number of benzene rings is 2. The van der Waals surface area contributed by atoms with Gasteiger partial charge in [0.2, 0.25) is 0 Å². The van der Waals surface area contributed by atoms with E-state index < -0.39 is 10.8 Å². The van der Waals surface area contributed by atoms with E-state index in [4.69, 9.17) is 32.7 Å². The van der Waals surface area contributed by atoms with Crippen LogP contribution in [-0.4, -0.2) is 24.0 Å². The van der Waals surface area contributed by atoms with E-state index in [1.165, 1.54) is 18.2 Å². The zero-order chi connectivity index (χ0) is 18.7. The summed E-state index contributed by atoms with van der Waals surface area (Å²) in [7, 11) is 0. The summed E-state index contributed by atoms with van der Waals surface area (Å²) < 4.78 is 11.1. The van der Waals surface area contributed by atoms with Gasteiger partial charge in [-0.3, -0.25) is 14.9 Å². The molecule has 1 aliphatic rings. The molecule has 7 nitrogen and oxygen atoms in total. The Kier molecular flexibility index (Phi) is 5.49. The molecule has 0 radical (unpaired) electrons. The van der Waals surface area contributed by atoms with Gasteiger partial charge >= 0.3 is 0 Å². The van der Waals surface area contributed by atoms with E-state index in [0.717, 1.165) is 6.42 Å². The number of carbonyl (C=O) groups is 1. The summed E-state index contributed by atoms with van der Waals surface area (Å²) >= 11 is 12.1. The molecule has 0 fully saturated rings. The SMILES string of the molecule is O=C(NCc1cc(Cl)c2c(c1)OCCCO2)c1cc(Cl)ccc1[N+](=O)[O-]. The van der Waals surface area contributed by atoms with Crippen LogP contribution >= 0.6 is 23.2 Å². The molecule has 0 saturated heterocycles. The van der Waals surface area contributed by atoms with Crippen LogP contribution in [0, 0.1) is 10.1 Å². The van der Waals surface area contributed by atoms with E-state index in [-0.39, 0.29) is 22.8 Å². The molecular weight excluding hydrogens is 383 g/mol. The number of hydrogen-bond donors (Lipinski definition) is 1. The van der Waals surface area contributed by atoms with E-state index in [1.54, 1.807) is 12.1 Å². The van der Waals surface area contributed by atoms with Crippen molar-refractivity contribution >= 4 is 34.8 Å². The quantitative estimate of drug-likeness (QED) is 0.622. The number of carbonyl (C=O) groups excluding carboxylic acids is 1. The Bertz CT molecular complexity index is 872. The van der Waals surface area contributed by atoms with Gasteiger partial charge in [-0.1, -0.05) is 23.2 Å². The fraction of sp³-hybridized carbons (Fsp3) is 0.235. The number of nitro groups is 1. The fourth-order valence-corrected chi connectivity index (χ4v) is 2.97. The topological polar surface area (TPSA) is 90.7 Å². The van der Waals surface area contributed by atoms with Gasteiger partial charge in [0.1, 0.15) is 5.56 Å². The van der Waals surface area contributed by atoms with Crippen LogP contribution in [0.2, 0.25) is 10.0 Å². The average molecular weight is 397 g/mol. The van der Waals surface area contributed by atoms with Gasteiger partial charge in [-0.15, -0.1) is 0 Å².